The summed E-state index contributed by atoms with van der Waals surface area (Å²) in [6.07, 6.45) is 8.49. The number of thiophene rings is 1. The number of benzene rings is 1. The minimum atomic E-state index is -0.0893. The van der Waals surface area contributed by atoms with Gasteiger partial charge in [0.15, 0.2) is 0 Å². The SMILES string of the molecule is CC(C)(C)[C@@H]1CCc2c(sc(N=Cc3cccn3-c3ccc(Br)cc3)c2C(=O)NCc2ccco2)C1. The molecule has 1 aromatic carbocycles. The lowest BCUT2D eigenvalue weighted by Gasteiger charge is -2.33. The Balaban J connectivity index is 1.47. The maximum absolute atomic E-state index is 13.4. The minimum Gasteiger partial charge on any atom is -0.467 e. The lowest BCUT2D eigenvalue weighted by Crippen LogP contribution is -2.28. The van der Waals surface area contributed by atoms with Gasteiger partial charge < -0.3 is 14.3 Å². The number of nitrogens with zero attached hydrogens (tertiary/aromatic N) is 2. The van der Waals surface area contributed by atoms with E-state index in [9.17, 15) is 4.79 Å². The average molecular weight is 565 g/mol. The standard InChI is InChI=1S/C29H30BrN3O2S/c1-29(2,3)19-8-13-24-25(16-19)36-28(26(24)27(34)31-18-23-7-5-15-35-23)32-17-22-6-4-14-33(22)21-11-9-20(30)10-12-21/h4-7,9-12,14-15,17,19H,8,13,16,18H2,1-3H3,(H,31,34)/t19-/m1/s1. The van der Waals surface area contributed by atoms with Gasteiger partial charge in [0.2, 0.25) is 0 Å². The molecule has 7 heteroatoms. The molecular weight excluding hydrogens is 534 g/mol. The summed E-state index contributed by atoms with van der Waals surface area (Å²) in [6, 6.07) is 15.9. The number of hydrogen-bond donors (Lipinski definition) is 1. The molecule has 3 aromatic heterocycles. The molecule has 3 heterocycles. The van der Waals surface area contributed by atoms with E-state index in [2.05, 4.69) is 58.7 Å². The van der Waals surface area contributed by atoms with Crippen LogP contribution >= 0.6 is 27.3 Å². The number of furan rings is 1. The highest BCUT2D eigenvalue weighted by atomic mass is 79.9. The Hall–Kier alpha value is -2.90. The fraction of sp³-hybridized carbons (Fsp3) is 0.310. The van der Waals surface area contributed by atoms with Gasteiger partial charge in [-0.15, -0.1) is 11.3 Å². The summed E-state index contributed by atoms with van der Waals surface area (Å²) in [4.78, 5) is 19.6. The van der Waals surface area contributed by atoms with Gasteiger partial charge in [0.25, 0.3) is 5.91 Å². The molecule has 0 radical (unpaired) electrons. The Labute approximate surface area is 224 Å². The fourth-order valence-electron chi connectivity index (χ4n) is 4.77. The van der Waals surface area contributed by atoms with Crippen LogP contribution in [0.2, 0.25) is 0 Å². The van der Waals surface area contributed by atoms with E-state index in [-0.39, 0.29) is 11.3 Å². The number of carbonyl (C=O) groups excluding carboxylic acids is 1. The molecule has 0 saturated heterocycles. The third-order valence-corrected chi connectivity index (χ3v) is 8.59. The van der Waals surface area contributed by atoms with E-state index >= 15 is 0 Å². The maximum atomic E-state index is 13.4. The Morgan fingerprint density at radius 1 is 1.22 bits per heavy atom. The predicted octanol–water partition coefficient (Wildman–Crippen LogP) is 7.73. The van der Waals surface area contributed by atoms with Crippen molar-refractivity contribution in [3.05, 3.63) is 92.9 Å². The molecule has 1 N–H and O–H groups in total. The van der Waals surface area contributed by atoms with Crippen molar-refractivity contribution < 1.29 is 9.21 Å². The van der Waals surface area contributed by atoms with E-state index in [0.717, 1.165) is 51.4 Å². The van der Waals surface area contributed by atoms with Crippen molar-refractivity contribution in [2.75, 3.05) is 0 Å². The van der Waals surface area contributed by atoms with Crippen molar-refractivity contribution in [2.24, 2.45) is 16.3 Å². The summed E-state index contributed by atoms with van der Waals surface area (Å²) >= 11 is 5.16. The van der Waals surface area contributed by atoms with Crippen LogP contribution in [0.1, 0.15) is 59.4 Å². The number of amides is 1. The number of aromatic nitrogens is 1. The molecule has 0 unspecified atom stereocenters. The summed E-state index contributed by atoms with van der Waals surface area (Å²) in [5.41, 5.74) is 4.12. The molecular formula is C29H30BrN3O2S. The summed E-state index contributed by atoms with van der Waals surface area (Å²) in [5.74, 6) is 1.24. The third kappa shape index (κ3) is 5.27. The second-order valence-electron chi connectivity index (χ2n) is 10.3. The average Bonchev–Trinajstić information content (AvgIpc) is 3.60. The van der Waals surface area contributed by atoms with Crippen molar-refractivity contribution in [3.8, 4) is 5.69 Å². The Bertz CT molecular complexity index is 1380. The molecule has 0 bridgehead atoms. The maximum Gasteiger partial charge on any atom is 0.255 e. The number of fused-ring (bicyclic) bond motifs is 1. The van der Waals surface area contributed by atoms with E-state index < -0.39 is 0 Å². The first-order valence-electron chi connectivity index (χ1n) is 12.2. The van der Waals surface area contributed by atoms with E-state index in [1.54, 1.807) is 17.6 Å². The lowest BCUT2D eigenvalue weighted by molar-refractivity contribution is 0.0947. The smallest absolute Gasteiger partial charge is 0.255 e. The van der Waals surface area contributed by atoms with Crippen LogP contribution in [0.25, 0.3) is 5.69 Å². The Kier molecular flexibility index (Phi) is 7.04. The predicted molar refractivity (Wildman–Crippen MR) is 150 cm³/mol. The van der Waals surface area contributed by atoms with Crippen molar-refractivity contribution in [1.29, 1.82) is 0 Å². The number of nitrogens with one attached hydrogen (secondary N) is 1. The van der Waals surface area contributed by atoms with Gasteiger partial charge in [-0.2, -0.15) is 0 Å². The number of aliphatic imine (C=N–C) groups is 1. The van der Waals surface area contributed by atoms with E-state index in [1.165, 1.54) is 4.88 Å². The van der Waals surface area contributed by atoms with Crippen LogP contribution in [-0.2, 0) is 19.4 Å². The van der Waals surface area contributed by atoms with Gasteiger partial charge in [-0.1, -0.05) is 36.7 Å². The van der Waals surface area contributed by atoms with Crippen LogP contribution in [0.5, 0.6) is 0 Å². The zero-order valence-electron chi connectivity index (χ0n) is 20.8. The molecule has 0 saturated carbocycles. The first-order valence-corrected chi connectivity index (χ1v) is 13.8. The normalized spacial score (nSPS) is 15.8. The first kappa shape index (κ1) is 24.8. The van der Waals surface area contributed by atoms with E-state index in [4.69, 9.17) is 9.41 Å². The van der Waals surface area contributed by atoms with Crippen molar-refractivity contribution >= 4 is 44.4 Å². The molecule has 1 aliphatic carbocycles. The molecule has 1 atom stereocenters. The summed E-state index contributed by atoms with van der Waals surface area (Å²) in [7, 11) is 0. The van der Waals surface area contributed by atoms with Crippen LogP contribution in [0.3, 0.4) is 0 Å². The Morgan fingerprint density at radius 3 is 2.75 bits per heavy atom. The first-order chi connectivity index (χ1) is 17.3. The monoisotopic (exact) mass is 563 g/mol. The zero-order valence-corrected chi connectivity index (χ0v) is 23.2. The highest BCUT2D eigenvalue weighted by Gasteiger charge is 2.33. The lowest BCUT2D eigenvalue weighted by atomic mass is 9.72. The minimum absolute atomic E-state index is 0.0893. The van der Waals surface area contributed by atoms with E-state index in [0.29, 0.717) is 18.0 Å². The number of rotatable bonds is 6. The number of halogens is 1. The summed E-state index contributed by atoms with van der Waals surface area (Å²) in [5, 5.41) is 3.82. The zero-order chi connectivity index (χ0) is 25.3. The summed E-state index contributed by atoms with van der Waals surface area (Å²) < 4.78 is 8.54. The molecule has 186 valence electrons. The van der Waals surface area contributed by atoms with Crippen LogP contribution < -0.4 is 5.32 Å². The van der Waals surface area contributed by atoms with Gasteiger partial charge in [-0.05, 0) is 84.7 Å². The topological polar surface area (TPSA) is 59.5 Å². The third-order valence-electron chi connectivity index (χ3n) is 6.90. The molecule has 36 heavy (non-hydrogen) atoms. The number of hydrogen-bond acceptors (Lipinski definition) is 4. The van der Waals surface area contributed by atoms with Crippen LogP contribution in [0.4, 0.5) is 5.00 Å². The molecule has 0 aliphatic heterocycles. The number of carbonyl (C=O) groups is 1. The second-order valence-corrected chi connectivity index (χ2v) is 12.3. The van der Waals surface area contributed by atoms with Crippen molar-refractivity contribution in [1.82, 2.24) is 9.88 Å². The fourth-order valence-corrected chi connectivity index (χ4v) is 6.30. The molecule has 1 amide bonds. The molecule has 0 spiro atoms. The van der Waals surface area contributed by atoms with Crippen molar-refractivity contribution in [3.63, 3.8) is 0 Å². The molecule has 4 aromatic rings. The molecule has 5 nitrogen and oxygen atoms in total. The van der Waals surface area contributed by atoms with Crippen LogP contribution in [-0.4, -0.2) is 16.7 Å². The quantitative estimate of drug-likeness (QED) is 0.244. The van der Waals surface area contributed by atoms with Gasteiger partial charge in [-0.25, -0.2) is 4.99 Å². The van der Waals surface area contributed by atoms with Gasteiger partial charge in [-0.3, -0.25) is 4.79 Å². The highest BCUT2D eigenvalue weighted by molar-refractivity contribution is 9.10. The van der Waals surface area contributed by atoms with E-state index in [1.807, 2.05) is 48.8 Å². The van der Waals surface area contributed by atoms with Crippen LogP contribution in [0.15, 0.2) is 74.9 Å². The van der Waals surface area contributed by atoms with Gasteiger partial charge in [0.05, 0.1) is 30.3 Å². The highest BCUT2D eigenvalue weighted by Crippen LogP contribution is 2.45. The van der Waals surface area contributed by atoms with Crippen molar-refractivity contribution in [2.45, 2.75) is 46.6 Å². The Morgan fingerprint density at radius 2 is 2.03 bits per heavy atom. The van der Waals surface area contributed by atoms with Crippen LogP contribution in [0, 0.1) is 11.3 Å². The molecule has 0 fully saturated rings. The molecule has 5 rings (SSSR count). The second kappa shape index (κ2) is 10.2. The molecule has 1 aliphatic rings. The largest absolute Gasteiger partial charge is 0.467 e. The summed E-state index contributed by atoms with van der Waals surface area (Å²) in [6.45, 7) is 7.28. The van der Waals surface area contributed by atoms with Gasteiger partial charge in [0, 0.05) is 21.2 Å². The van der Waals surface area contributed by atoms with Gasteiger partial charge >= 0.3 is 0 Å². The van der Waals surface area contributed by atoms with Gasteiger partial charge in [0.1, 0.15) is 10.8 Å².